The van der Waals surface area contributed by atoms with Crippen molar-refractivity contribution in [2.75, 3.05) is 19.6 Å². The van der Waals surface area contributed by atoms with Gasteiger partial charge in [0.2, 0.25) is 5.91 Å². The van der Waals surface area contributed by atoms with E-state index >= 15 is 0 Å². The molecule has 27 heavy (non-hydrogen) atoms. The molecule has 0 unspecified atom stereocenters. The van der Waals surface area contributed by atoms with Crippen molar-refractivity contribution in [3.8, 4) is 0 Å². The fourth-order valence-electron chi connectivity index (χ4n) is 3.54. The molecule has 144 valence electrons. The summed E-state index contributed by atoms with van der Waals surface area (Å²) in [7, 11) is 0. The van der Waals surface area contributed by atoms with Crippen LogP contribution in [0.3, 0.4) is 0 Å². The summed E-state index contributed by atoms with van der Waals surface area (Å²) in [6, 6.07) is 5.81. The molecule has 7 heteroatoms. The number of aromatic nitrogens is 2. The predicted molar refractivity (Wildman–Crippen MR) is 99.8 cm³/mol. The molecule has 2 aromatic rings. The van der Waals surface area contributed by atoms with Crippen LogP contribution in [0, 0.1) is 5.82 Å². The van der Waals surface area contributed by atoms with E-state index in [1.54, 1.807) is 12.3 Å². The average Bonchev–Trinajstić information content (AvgIpc) is 3.17. The van der Waals surface area contributed by atoms with E-state index in [1.165, 1.54) is 18.2 Å². The van der Waals surface area contributed by atoms with Gasteiger partial charge in [-0.1, -0.05) is 12.1 Å². The minimum atomic E-state index is -0.563. The second-order valence-electron chi connectivity index (χ2n) is 6.74. The first-order chi connectivity index (χ1) is 13.1. The summed E-state index contributed by atoms with van der Waals surface area (Å²) in [5, 5.41) is 2.62. The zero-order valence-electron chi connectivity index (χ0n) is 15.5. The fourth-order valence-corrected chi connectivity index (χ4v) is 3.54. The van der Waals surface area contributed by atoms with E-state index in [0.717, 1.165) is 31.8 Å². The first kappa shape index (κ1) is 19.1. The Hall–Kier alpha value is -2.70. The summed E-state index contributed by atoms with van der Waals surface area (Å²) < 4.78 is 15.7. The number of nitrogens with one attached hydrogen (secondary N) is 1. The third-order valence-corrected chi connectivity index (χ3v) is 4.97. The fraction of sp³-hybridized carbons (Fsp3) is 0.450. The molecule has 3 rings (SSSR count). The summed E-state index contributed by atoms with van der Waals surface area (Å²) in [5.41, 5.74) is -0.00520. The third-order valence-electron chi connectivity index (χ3n) is 4.97. The Morgan fingerprint density at radius 1 is 1.33 bits per heavy atom. The van der Waals surface area contributed by atoms with Crippen LogP contribution in [0.5, 0.6) is 0 Å². The molecule has 1 aromatic heterocycles. The molecular weight excluding hydrogens is 347 g/mol. The number of aryl methyl sites for hydroxylation is 1. The molecule has 0 radical (unpaired) electrons. The number of carbonyl (C=O) groups excluding carboxylic acids is 2. The van der Waals surface area contributed by atoms with Crippen molar-refractivity contribution in [1.82, 2.24) is 19.8 Å². The Kier molecular flexibility index (Phi) is 6.21. The largest absolute Gasteiger partial charge is 0.351 e. The van der Waals surface area contributed by atoms with Crippen molar-refractivity contribution >= 4 is 11.8 Å². The van der Waals surface area contributed by atoms with Crippen LogP contribution in [-0.2, 0) is 11.3 Å². The Balaban J connectivity index is 1.51. The molecule has 0 aliphatic carbocycles. The maximum atomic E-state index is 13.6. The summed E-state index contributed by atoms with van der Waals surface area (Å²) >= 11 is 0. The molecule has 0 saturated carbocycles. The number of hydrogen-bond donors (Lipinski definition) is 1. The van der Waals surface area contributed by atoms with Crippen LogP contribution in [0.1, 0.15) is 48.3 Å². The third kappa shape index (κ3) is 4.53. The molecule has 0 spiro atoms. The molecule has 1 atom stereocenters. The van der Waals surface area contributed by atoms with Crippen LogP contribution in [0.25, 0.3) is 0 Å². The lowest BCUT2D eigenvalue weighted by Gasteiger charge is -2.32. The molecule has 2 heterocycles. The van der Waals surface area contributed by atoms with Gasteiger partial charge in [0.25, 0.3) is 5.91 Å². The zero-order valence-corrected chi connectivity index (χ0v) is 15.5. The maximum absolute atomic E-state index is 13.6. The molecule has 1 aliphatic heterocycles. The van der Waals surface area contributed by atoms with Gasteiger partial charge in [-0.05, 0) is 31.9 Å². The molecular formula is C20H25FN4O2. The Morgan fingerprint density at radius 2 is 2.15 bits per heavy atom. The highest BCUT2D eigenvalue weighted by molar-refractivity contribution is 5.94. The Labute approximate surface area is 158 Å². The molecule has 1 fully saturated rings. The number of nitrogens with zero attached hydrogens (tertiary/aromatic N) is 3. The van der Waals surface area contributed by atoms with Crippen LogP contribution in [0.15, 0.2) is 36.7 Å². The molecule has 2 amide bonds. The van der Waals surface area contributed by atoms with Gasteiger partial charge < -0.3 is 14.8 Å². The van der Waals surface area contributed by atoms with Crippen molar-refractivity contribution in [2.45, 2.75) is 38.6 Å². The molecule has 1 aromatic carbocycles. The number of piperidine rings is 1. The summed E-state index contributed by atoms with van der Waals surface area (Å²) in [5.74, 6) is 0.214. The zero-order chi connectivity index (χ0) is 19.2. The van der Waals surface area contributed by atoms with E-state index in [9.17, 15) is 14.0 Å². The Morgan fingerprint density at radius 3 is 2.93 bits per heavy atom. The molecule has 6 nitrogen and oxygen atoms in total. The lowest BCUT2D eigenvalue weighted by atomic mass is 9.97. The lowest BCUT2D eigenvalue weighted by molar-refractivity contribution is -0.132. The Bertz CT molecular complexity index is 805. The van der Waals surface area contributed by atoms with Crippen LogP contribution >= 0.6 is 0 Å². The maximum Gasteiger partial charge on any atom is 0.254 e. The summed E-state index contributed by atoms with van der Waals surface area (Å²) in [6.07, 6.45) is 5.93. The number of rotatable bonds is 6. The minimum absolute atomic E-state index is 0.00291. The van der Waals surface area contributed by atoms with Gasteiger partial charge in [-0.15, -0.1) is 0 Å². The van der Waals surface area contributed by atoms with E-state index in [2.05, 4.69) is 21.8 Å². The molecule has 1 saturated heterocycles. The number of benzene rings is 1. The molecule has 0 bridgehead atoms. The van der Waals surface area contributed by atoms with Gasteiger partial charge in [0.05, 0.1) is 5.56 Å². The van der Waals surface area contributed by atoms with Gasteiger partial charge in [0.1, 0.15) is 11.6 Å². The first-order valence-electron chi connectivity index (χ1n) is 9.41. The van der Waals surface area contributed by atoms with E-state index in [-0.39, 0.29) is 30.4 Å². The number of hydrogen-bond acceptors (Lipinski definition) is 3. The van der Waals surface area contributed by atoms with Crippen LogP contribution < -0.4 is 5.32 Å². The quantitative estimate of drug-likeness (QED) is 0.847. The highest BCUT2D eigenvalue weighted by Crippen LogP contribution is 2.26. The van der Waals surface area contributed by atoms with Crippen molar-refractivity contribution < 1.29 is 14.0 Å². The van der Waals surface area contributed by atoms with Crippen molar-refractivity contribution in [3.63, 3.8) is 0 Å². The van der Waals surface area contributed by atoms with Crippen LogP contribution in [-0.4, -0.2) is 45.9 Å². The van der Waals surface area contributed by atoms with Crippen molar-refractivity contribution in [1.29, 1.82) is 0 Å². The second kappa shape index (κ2) is 8.79. The predicted octanol–water partition coefficient (Wildman–Crippen LogP) is 2.57. The highest BCUT2D eigenvalue weighted by Gasteiger charge is 2.27. The highest BCUT2D eigenvalue weighted by atomic mass is 19.1. The number of likely N-dealkylation sites (tertiary alicyclic amines) is 1. The van der Waals surface area contributed by atoms with Crippen molar-refractivity contribution in [2.24, 2.45) is 0 Å². The van der Waals surface area contributed by atoms with Crippen LogP contribution in [0.2, 0.25) is 0 Å². The molecule has 1 aliphatic rings. The number of amides is 2. The number of carbonyl (C=O) groups is 2. The van der Waals surface area contributed by atoms with Gasteiger partial charge in [-0.2, -0.15) is 0 Å². The normalized spacial score (nSPS) is 17.0. The van der Waals surface area contributed by atoms with Crippen molar-refractivity contribution in [3.05, 3.63) is 53.9 Å². The van der Waals surface area contributed by atoms with Gasteiger partial charge in [-0.25, -0.2) is 9.37 Å². The van der Waals surface area contributed by atoms with Gasteiger partial charge in [0, 0.05) is 50.9 Å². The first-order valence-corrected chi connectivity index (χ1v) is 9.41. The van der Waals surface area contributed by atoms with E-state index in [0.29, 0.717) is 6.54 Å². The summed E-state index contributed by atoms with van der Waals surface area (Å²) in [6.45, 7) is 4.51. The summed E-state index contributed by atoms with van der Waals surface area (Å²) in [4.78, 5) is 30.8. The van der Waals surface area contributed by atoms with E-state index in [4.69, 9.17) is 0 Å². The number of imidazole rings is 1. The SMILES string of the molecule is CCn1ccnc1[C@@H]1CCCN(C(=O)CCNC(=O)c2ccccc2F)C1. The van der Waals surface area contributed by atoms with Gasteiger partial charge >= 0.3 is 0 Å². The van der Waals surface area contributed by atoms with Crippen LogP contribution in [0.4, 0.5) is 4.39 Å². The smallest absolute Gasteiger partial charge is 0.254 e. The van der Waals surface area contributed by atoms with E-state index < -0.39 is 11.7 Å². The van der Waals surface area contributed by atoms with Gasteiger partial charge in [-0.3, -0.25) is 9.59 Å². The number of halogens is 1. The monoisotopic (exact) mass is 372 g/mol. The minimum Gasteiger partial charge on any atom is -0.351 e. The van der Waals surface area contributed by atoms with E-state index in [1.807, 2.05) is 11.1 Å². The average molecular weight is 372 g/mol. The second-order valence-corrected chi connectivity index (χ2v) is 6.74. The lowest BCUT2D eigenvalue weighted by Crippen LogP contribution is -2.41. The standard InChI is InChI=1S/C20H25FN4O2/c1-2-24-13-11-22-19(24)15-6-5-12-25(14-15)18(26)9-10-23-20(27)16-7-3-4-8-17(16)21/h3-4,7-8,11,13,15H,2,5-6,9-10,12,14H2,1H3,(H,23,27)/t15-/m1/s1. The topological polar surface area (TPSA) is 67.2 Å². The van der Waals surface area contributed by atoms with Gasteiger partial charge in [0.15, 0.2) is 0 Å². The molecule has 1 N–H and O–H groups in total.